The average Bonchev–Trinajstić information content (AvgIpc) is 3.32. The summed E-state index contributed by atoms with van der Waals surface area (Å²) in [6.07, 6.45) is 2.67. The molecule has 0 unspecified atom stereocenters. The Morgan fingerprint density at radius 3 is 2.77 bits per heavy atom. The van der Waals surface area contributed by atoms with Gasteiger partial charge >= 0.3 is 0 Å². The Labute approximate surface area is 180 Å². The molecule has 3 aromatic rings. The molecule has 1 aromatic carbocycles. The highest BCUT2D eigenvalue weighted by Crippen LogP contribution is 2.25. The van der Waals surface area contributed by atoms with Crippen LogP contribution in [0.1, 0.15) is 18.4 Å². The van der Waals surface area contributed by atoms with E-state index in [2.05, 4.69) is 26.1 Å². The maximum absolute atomic E-state index is 12.5. The number of anilines is 1. The molecule has 3 rings (SSSR count). The number of para-hydroxylation sites is 2. The molecule has 0 aliphatic carbocycles. The number of thioether (sulfide) groups is 1. The van der Waals surface area contributed by atoms with Gasteiger partial charge in [-0.2, -0.15) is 0 Å². The molecular weight excluding hydrogens is 402 g/mol. The largest absolute Gasteiger partial charge is 0.492 e. The van der Waals surface area contributed by atoms with E-state index < -0.39 is 0 Å². The Morgan fingerprint density at radius 2 is 2.03 bits per heavy atom. The minimum atomic E-state index is -0.127. The van der Waals surface area contributed by atoms with Gasteiger partial charge in [0.25, 0.3) is 0 Å². The van der Waals surface area contributed by atoms with Crippen molar-refractivity contribution in [1.82, 2.24) is 19.3 Å². The van der Waals surface area contributed by atoms with E-state index in [4.69, 9.17) is 9.47 Å². The summed E-state index contributed by atoms with van der Waals surface area (Å²) < 4.78 is 14.9. The van der Waals surface area contributed by atoms with E-state index in [1.807, 2.05) is 55.1 Å². The molecule has 0 radical (unpaired) electrons. The number of nitrogens with one attached hydrogen (secondary N) is 1. The van der Waals surface area contributed by atoms with Crippen molar-refractivity contribution in [3.63, 3.8) is 0 Å². The summed E-state index contributed by atoms with van der Waals surface area (Å²) >= 11 is 1.36. The van der Waals surface area contributed by atoms with Crippen molar-refractivity contribution in [1.29, 1.82) is 0 Å². The van der Waals surface area contributed by atoms with Crippen LogP contribution in [0.25, 0.3) is 0 Å². The summed E-state index contributed by atoms with van der Waals surface area (Å²) in [6.45, 7) is 3.61. The van der Waals surface area contributed by atoms with Crippen molar-refractivity contribution in [3.05, 3.63) is 54.1 Å². The highest BCUT2D eigenvalue weighted by Gasteiger charge is 2.16. The summed E-state index contributed by atoms with van der Waals surface area (Å²) in [6, 6.07) is 11.5. The van der Waals surface area contributed by atoms with Crippen LogP contribution in [0.4, 0.5) is 5.69 Å². The summed E-state index contributed by atoms with van der Waals surface area (Å²) in [7, 11) is 3.67. The molecular formula is C21H27N5O3S. The normalized spacial score (nSPS) is 10.9. The van der Waals surface area contributed by atoms with Gasteiger partial charge in [0.15, 0.2) is 5.16 Å². The Morgan fingerprint density at radius 1 is 1.20 bits per heavy atom. The zero-order chi connectivity index (χ0) is 21.3. The van der Waals surface area contributed by atoms with E-state index >= 15 is 0 Å². The lowest BCUT2D eigenvalue weighted by Crippen LogP contribution is -2.16. The molecule has 0 spiro atoms. The standard InChI is InChI=1S/C21H27N5O3S/c1-4-29-18-10-6-5-9-17(18)22-20(27)15-30-21-24-23-19(26(21)12-13-28-3)14-16-8-7-11-25(16)2/h5-11H,4,12-15H2,1-3H3,(H,22,27). The second-order valence-corrected chi connectivity index (χ2v) is 7.54. The number of carbonyl (C=O) groups is 1. The van der Waals surface area contributed by atoms with Gasteiger partial charge in [-0.05, 0) is 31.2 Å². The monoisotopic (exact) mass is 429 g/mol. The molecule has 160 valence electrons. The Balaban J connectivity index is 1.67. The summed E-state index contributed by atoms with van der Waals surface area (Å²) in [5.41, 5.74) is 1.80. The van der Waals surface area contributed by atoms with Crippen molar-refractivity contribution in [2.45, 2.75) is 25.0 Å². The summed E-state index contributed by atoms with van der Waals surface area (Å²) in [5, 5.41) is 12.3. The number of nitrogens with zero attached hydrogens (tertiary/aromatic N) is 4. The maximum atomic E-state index is 12.5. The van der Waals surface area contributed by atoms with Crippen LogP contribution in [0, 0.1) is 0 Å². The van der Waals surface area contributed by atoms with E-state index in [1.54, 1.807) is 7.11 Å². The van der Waals surface area contributed by atoms with Gasteiger partial charge in [-0.15, -0.1) is 10.2 Å². The van der Waals surface area contributed by atoms with E-state index in [0.29, 0.717) is 42.8 Å². The van der Waals surface area contributed by atoms with E-state index in [0.717, 1.165) is 11.5 Å². The number of hydrogen-bond acceptors (Lipinski definition) is 6. The second kappa shape index (κ2) is 10.8. The zero-order valence-electron chi connectivity index (χ0n) is 17.5. The lowest BCUT2D eigenvalue weighted by Gasteiger charge is -2.12. The van der Waals surface area contributed by atoms with Crippen LogP contribution in [-0.2, 0) is 29.5 Å². The number of carbonyl (C=O) groups excluding carboxylic acids is 1. The Hall–Kier alpha value is -2.78. The molecule has 0 bridgehead atoms. The minimum absolute atomic E-state index is 0.127. The second-order valence-electron chi connectivity index (χ2n) is 6.60. The zero-order valence-corrected chi connectivity index (χ0v) is 18.3. The van der Waals surface area contributed by atoms with Gasteiger partial charge in [-0.3, -0.25) is 4.79 Å². The average molecular weight is 430 g/mol. The SMILES string of the molecule is CCOc1ccccc1NC(=O)CSc1nnc(Cc2cccn2C)n1CCOC. The summed E-state index contributed by atoms with van der Waals surface area (Å²) in [4.78, 5) is 12.5. The molecule has 0 fully saturated rings. The maximum Gasteiger partial charge on any atom is 0.234 e. The van der Waals surface area contributed by atoms with Gasteiger partial charge in [-0.1, -0.05) is 23.9 Å². The quantitative estimate of drug-likeness (QED) is 0.472. The van der Waals surface area contributed by atoms with Crippen LogP contribution >= 0.6 is 11.8 Å². The molecule has 2 aromatic heterocycles. The number of benzene rings is 1. The Kier molecular flexibility index (Phi) is 7.92. The smallest absolute Gasteiger partial charge is 0.234 e. The molecule has 30 heavy (non-hydrogen) atoms. The topological polar surface area (TPSA) is 83.2 Å². The first kappa shape index (κ1) is 21.9. The first-order valence-electron chi connectivity index (χ1n) is 9.78. The van der Waals surface area contributed by atoms with Crippen LogP contribution in [0.3, 0.4) is 0 Å². The molecule has 0 saturated heterocycles. The lowest BCUT2D eigenvalue weighted by atomic mass is 10.3. The van der Waals surface area contributed by atoms with Gasteiger partial charge in [0, 0.05) is 39.0 Å². The highest BCUT2D eigenvalue weighted by atomic mass is 32.2. The number of methoxy groups -OCH3 is 1. The predicted octanol–water partition coefficient (Wildman–Crippen LogP) is 2.98. The fourth-order valence-corrected chi connectivity index (χ4v) is 3.76. The molecule has 8 nitrogen and oxygen atoms in total. The van der Waals surface area contributed by atoms with E-state index in [9.17, 15) is 4.79 Å². The summed E-state index contributed by atoms with van der Waals surface area (Å²) in [5.74, 6) is 1.60. The van der Waals surface area contributed by atoms with Crippen molar-refractivity contribution < 1.29 is 14.3 Å². The number of hydrogen-bond donors (Lipinski definition) is 1. The molecule has 0 aliphatic heterocycles. The van der Waals surface area contributed by atoms with Crippen LogP contribution in [0.2, 0.25) is 0 Å². The number of amides is 1. The molecule has 0 atom stereocenters. The van der Waals surface area contributed by atoms with Crippen molar-refractivity contribution >= 4 is 23.4 Å². The Bertz CT molecular complexity index is 969. The number of rotatable bonds is 11. The van der Waals surface area contributed by atoms with E-state index in [-0.39, 0.29) is 11.7 Å². The van der Waals surface area contributed by atoms with Gasteiger partial charge in [0.05, 0.1) is 24.7 Å². The fraction of sp³-hybridized carbons (Fsp3) is 0.381. The minimum Gasteiger partial charge on any atom is -0.492 e. The number of ether oxygens (including phenoxy) is 2. The van der Waals surface area contributed by atoms with Crippen molar-refractivity contribution in [2.75, 3.05) is 31.4 Å². The molecule has 0 saturated carbocycles. The third-order valence-electron chi connectivity index (χ3n) is 4.50. The van der Waals surface area contributed by atoms with Gasteiger partial charge in [0.2, 0.25) is 5.91 Å². The van der Waals surface area contributed by atoms with Crippen LogP contribution < -0.4 is 10.1 Å². The number of aromatic nitrogens is 4. The van der Waals surface area contributed by atoms with Crippen LogP contribution in [-0.4, -0.2) is 51.3 Å². The van der Waals surface area contributed by atoms with Gasteiger partial charge in [0.1, 0.15) is 11.6 Å². The third-order valence-corrected chi connectivity index (χ3v) is 5.46. The molecule has 2 heterocycles. The molecule has 9 heteroatoms. The predicted molar refractivity (Wildman–Crippen MR) is 117 cm³/mol. The molecule has 1 amide bonds. The van der Waals surface area contributed by atoms with Crippen LogP contribution in [0.5, 0.6) is 5.75 Å². The lowest BCUT2D eigenvalue weighted by molar-refractivity contribution is -0.113. The van der Waals surface area contributed by atoms with E-state index in [1.165, 1.54) is 11.8 Å². The van der Waals surface area contributed by atoms with Crippen molar-refractivity contribution in [2.24, 2.45) is 7.05 Å². The fourth-order valence-electron chi connectivity index (χ4n) is 2.97. The van der Waals surface area contributed by atoms with Crippen LogP contribution in [0.15, 0.2) is 47.8 Å². The van der Waals surface area contributed by atoms with Gasteiger partial charge < -0.3 is 23.9 Å². The first-order chi connectivity index (χ1) is 14.6. The highest BCUT2D eigenvalue weighted by molar-refractivity contribution is 7.99. The van der Waals surface area contributed by atoms with Gasteiger partial charge in [-0.25, -0.2) is 0 Å². The first-order valence-corrected chi connectivity index (χ1v) is 10.8. The third kappa shape index (κ3) is 5.64. The molecule has 1 N–H and O–H groups in total. The molecule has 0 aliphatic rings. The number of aryl methyl sites for hydroxylation is 1. The van der Waals surface area contributed by atoms with Crippen molar-refractivity contribution in [3.8, 4) is 5.75 Å².